The molecule has 2 heterocycles. The highest BCUT2D eigenvalue weighted by Crippen LogP contribution is 2.28. The van der Waals surface area contributed by atoms with Crippen LogP contribution in [0.4, 0.5) is 5.69 Å². The summed E-state index contributed by atoms with van der Waals surface area (Å²) in [5.41, 5.74) is 1.85. The predicted octanol–water partition coefficient (Wildman–Crippen LogP) is 1.60. The summed E-state index contributed by atoms with van der Waals surface area (Å²) in [6.07, 6.45) is 2.34. The largest absolute Gasteiger partial charge is 0.464 e. The molecule has 1 saturated heterocycles. The van der Waals surface area contributed by atoms with Gasteiger partial charge in [0, 0.05) is 16.3 Å². The SMILES string of the molecule is COC(=O)c1[nH]c2ccccc2c1NC(=O)C[NH+]1CCCC(C)(C)C1. The van der Waals surface area contributed by atoms with Gasteiger partial charge in [-0.05, 0) is 18.9 Å². The number of carbonyl (C=O) groups is 2. The van der Waals surface area contributed by atoms with Crippen molar-refractivity contribution in [1.29, 1.82) is 0 Å². The minimum Gasteiger partial charge on any atom is -0.464 e. The van der Waals surface area contributed by atoms with Crippen LogP contribution in [-0.4, -0.2) is 43.6 Å². The van der Waals surface area contributed by atoms with Crippen molar-refractivity contribution in [3.8, 4) is 0 Å². The van der Waals surface area contributed by atoms with Gasteiger partial charge in [-0.2, -0.15) is 0 Å². The predicted molar refractivity (Wildman–Crippen MR) is 96.8 cm³/mol. The maximum Gasteiger partial charge on any atom is 0.356 e. The number of nitrogens with one attached hydrogen (secondary N) is 3. The minimum absolute atomic E-state index is 0.0809. The first-order valence-corrected chi connectivity index (χ1v) is 8.72. The quantitative estimate of drug-likeness (QED) is 0.738. The van der Waals surface area contributed by atoms with E-state index in [9.17, 15) is 9.59 Å². The first kappa shape index (κ1) is 17.5. The van der Waals surface area contributed by atoms with Gasteiger partial charge in [-0.25, -0.2) is 4.79 Å². The molecule has 3 N–H and O–H groups in total. The number of anilines is 1. The summed E-state index contributed by atoms with van der Waals surface area (Å²) in [7, 11) is 1.33. The lowest BCUT2D eigenvalue weighted by atomic mass is 9.84. The third-order valence-corrected chi connectivity index (χ3v) is 4.88. The van der Waals surface area contributed by atoms with Gasteiger partial charge in [-0.15, -0.1) is 0 Å². The zero-order chi connectivity index (χ0) is 18.0. The molecule has 6 heteroatoms. The van der Waals surface area contributed by atoms with E-state index in [2.05, 4.69) is 24.1 Å². The average Bonchev–Trinajstić information content (AvgIpc) is 2.92. The number of aromatic amines is 1. The number of aromatic nitrogens is 1. The van der Waals surface area contributed by atoms with Crippen LogP contribution in [0.25, 0.3) is 10.9 Å². The van der Waals surface area contributed by atoms with Crippen molar-refractivity contribution in [2.24, 2.45) is 5.41 Å². The van der Waals surface area contributed by atoms with Gasteiger partial charge in [0.1, 0.15) is 5.69 Å². The number of quaternary nitrogens is 1. The number of amides is 1. The number of carbonyl (C=O) groups excluding carboxylic acids is 2. The lowest BCUT2D eigenvalue weighted by molar-refractivity contribution is -0.904. The number of rotatable bonds is 4. The highest BCUT2D eigenvalue weighted by molar-refractivity contribution is 6.11. The van der Waals surface area contributed by atoms with Gasteiger partial charge < -0.3 is 19.9 Å². The molecule has 6 nitrogen and oxygen atoms in total. The van der Waals surface area contributed by atoms with Crippen molar-refractivity contribution in [2.75, 3.05) is 32.1 Å². The number of hydrogen-bond acceptors (Lipinski definition) is 3. The second kappa shape index (κ2) is 6.88. The summed E-state index contributed by atoms with van der Waals surface area (Å²) in [5.74, 6) is -0.569. The Bertz CT molecular complexity index is 794. The zero-order valence-electron chi connectivity index (χ0n) is 15.1. The van der Waals surface area contributed by atoms with Crippen molar-refractivity contribution in [2.45, 2.75) is 26.7 Å². The van der Waals surface area contributed by atoms with E-state index < -0.39 is 5.97 Å². The topological polar surface area (TPSA) is 75.6 Å². The zero-order valence-corrected chi connectivity index (χ0v) is 15.1. The van der Waals surface area contributed by atoms with Crippen molar-refractivity contribution in [3.05, 3.63) is 30.0 Å². The molecule has 0 bridgehead atoms. The van der Waals surface area contributed by atoms with Gasteiger partial charge in [-0.1, -0.05) is 32.0 Å². The Labute approximate surface area is 147 Å². The van der Waals surface area contributed by atoms with E-state index in [1.165, 1.54) is 18.4 Å². The second-order valence-electron chi connectivity index (χ2n) is 7.58. The molecule has 1 fully saturated rings. The van der Waals surface area contributed by atoms with Crippen LogP contribution < -0.4 is 10.2 Å². The van der Waals surface area contributed by atoms with Crippen LogP contribution in [0.3, 0.4) is 0 Å². The van der Waals surface area contributed by atoms with Crippen LogP contribution in [0, 0.1) is 5.41 Å². The molecule has 0 saturated carbocycles. The molecule has 1 aromatic carbocycles. The van der Waals surface area contributed by atoms with Crippen LogP contribution in [-0.2, 0) is 9.53 Å². The Morgan fingerprint density at radius 3 is 2.80 bits per heavy atom. The summed E-state index contributed by atoms with van der Waals surface area (Å²) in [4.78, 5) is 29.0. The van der Waals surface area contributed by atoms with E-state index in [4.69, 9.17) is 4.74 Å². The first-order chi connectivity index (χ1) is 11.9. The van der Waals surface area contributed by atoms with Crippen molar-refractivity contribution >= 4 is 28.5 Å². The lowest BCUT2D eigenvalue weighted by Crippen LogP contribution is -3.15. The van der Waals surface area contributed by atoms with Crippen LogP contribution in [0.1, 0.15) is 37.2 Å². The number of likely N-dealkylation sites (tertiary alicyclic amines) is 1. The molecule has 1 aliphatic heterocycles. The van der Waals surface area contributed by atoms with E-state index in [0.29, 0.717) is 12.2 Å². The Morgan fingerprint density at radius 1 is 1.32 bits per heavy atom. The third kappa shape index (κ3) is 3.85. The average molecular weight is 344 g/mol. The summed E-state index contributed by atoms with van der Waals surface area (Å²) < 4.78 is 4.84. The number of methoxy groups -OCH3 is 1. The number of para-hydroxylation sites is 1. The van der Waals surface area contributed by atoms with E-state index in [-0.39, 0.29) is 17.0 Å². The fourth-order valence-corrected chi connectivity index (χ4v) is 3.76. The molecule has 2 aromatic rings. The standard InChI is InChI=1S/C19H25N3O3/c1-19(2)9-6-10-22(12-19)11-15(23)21-16-13-7-4-5-8-14(13)20-17(16)18(24)25-3/h4-5,7-8,20H,6,9-12H2,1-3H3,(H,21,23)/p+1. The fraction of sp³-hybridized carbons (Fsp3) is 0.474. The summed E-state index contributed by atoms with van der Waals surface area (Å²) >= 11 is 0. The van der Waals surface area contributed by atoms with Gasteiger partial charge >= 0.3 is 5.97 Å². The summed E-state index contributed by atoms with van der Waals surface area (Å²) in [6.45, 7) is 6.90. The molecule has 1 atom stereocenters. The van der Waals surface area contributed by atoms with E-state index in [0.717, 1.165) is 30.4 Å². The Kier molecular flexibility index (Phi) is 4.81. The monoisotopic (exact) mass is 344 g/mol. The van der Waals surface area contributed by atoms with Crippen LogP contribution in [0.15, 0.2) is 24.3 Å². The maximum absolute atomic E-state index is 12.6. The van der Waals surface area contributed by atoms with Crippen molar-refractivity contribution in [1.82, 2.24) is 4.98 Å². The van der Waals surface area contributed by atoms with Gasteiger partial charge in [-0.3, -0.25) is 4.79 Å². The molecule has 134 valence electrons. The molecular formula is C19H26N3O3+. The summed E-state index contributed by atoms with van der Waals surface area (Å²) in [5, 5.41) is 3.74. The van der Waals surface area contributed by atoms with Gasteiger partial charge in [0.15, 0.2) is 6.54 Å². The molecule has 3 rings (SSSR count). The van der Waals surface area contributed by atoms with Crippen LogP contribution in [0.5, 0.6) is 0 Å². The molecule has 1 aromatic heterocycles. The smallest absolute Gasteiger partial charge is 0.356 e. The number of piperidine rings is 1. The number of fused-ring (bicyclic) bond motifs is 1. The number of H-pyrrole nitrogens is 1. The first-order valence-electron chi connectivity index (χ1n) is 8.72. The molecule has 1 amide bonds. The molecule has 0 spiro atoms. The summed E-state index contributed by atoms with van der Waals surface area (Å²) in [6, 6.07) is 7.51. The molecule has 0 radical (unpaired) electrons. The Morgan fingerprint density at radius 2 is 2.08 bits per heavy atom. The fourth-order valence-electron chi connectivity index (χ4n) is 3.76. The highest BCUT2D eigenvalue weighted by atomic mass is 16.5. The van der Waals surface area contributed by atoms with Crippen LogP contribution >= 0.6 is 0 Å². The van der Waals surface area contributed by atoms with Crippen molar-refractivity contribution in [3.63, 3.8) is 0 Å². The molecule has 0 aliphatic carbocycles. The Balaban J connectivity index is 1.79. The maximum atomic E-state index is 12.6. The minimum atomic E-state index is -0.488. The van der Waals surface area contributed by atoms with Gasteiger partial charge in [0.25, 0.3) is 5.91 Å². The van der Waals surface area contributed by atoms with Crippen LogP contribution in [0.2, 0.25) is 0 Å². The normalized spacial score (nSPS) is 19.6. The van der Waals surface area contributed by atoms with E-state index in [1.807, 2.05) is 24.3 Å². The Hall–Kier alpha value is -2.34. The third-order valence-electron chi connectivity index (χ3n) is 4.88. The van der Waals surface area contributed by atoms with E-state index >= 15 is 0 Å². The number of esters is 1. The lowest BCUT2D eigenvalue weighted by Gasteiger charge is -2.34. The number of hydrogen-bond donors (Lipinski definition) is 3. The van der Waals surface area contributed by atoms with Gasteiger partial charge in [0.05, 0.1) is 25.9 Å². The van der Waals surface area contributed by atoms with Gasteiger partial charge in [0.2, 0.25) is 0 Å². The molecule has 1 unspecified atom stereocenters. The molecule has 1 aliphatic rings. The second-order valence-corrected chi connectivity index (χ2v) is 7.58. The highest BCUT2D eigenvalue weighted by Gasteiger charge is 2.31. The number of ether oxygens (including phenoxy) is 1. The molecule has 25 heavy (non-hydrogen) atoms. The van der Waals surface area contributed by atoms with Crippen molar-refractivity contribution < 1.29 is 19.2 Å². The number of benzene rings is 1. The molecular weight excluding hydrogens is 318 g/mol. The van der Waals surface area contributed by atoms with E-state index in [1.54, 1.807) is 0 Å².